The maximum Gasteiger partial charge on any atom is 0.332 e. The van der Waals surface area contributed by atoms with Gasteiger partial charge in [-0.2, -0.15) is 5.26 Å². The van der Waals surface area contributed by atoms with Gasteiger partial charge in [0, 0.05) is 27.0 Å². The molecule has 0 spiro atoms. The number of nitriles is 1. The summed E-state index contributed by atoms with van der Waals surface area (Å²) < 4.78 is 0. The Labute approximate surface area is 203 Å². The molecule has 0 radical (unpaired) electrons. The number of benzene rings is 3. The summed E-state index contributed by atoms with van der Waals surface area (Å²) in [5.74, 6) is 0. The molecule has 1 fully saturated rings. The molecule has 2 atom stereocenters. The molecule has 3 aromatic carbocycles. The molecule has 2 amide bonds. The summed E-state index contributed by atoms with van der Waals surface area (Å²) in [5.41, 5.74) is 0.308. The molecular formula is C26H23Cl2N3O2. The Balaban J connectivity index is 1.95. The van der Waals surface area contributed by atoms with Crippen LogP contribution < -0.4 is 9.80 Å². The van der Waals surface area contributed by atoms with Gasteiger partial charge < -0.3 is 5.11 Å². The number of aliphatic hydroxyl groups is 1. The molecule has 4 rings (SSSR count). The van der Waals surface area contributed by atoms with Crippen LogP contribution in [0.25, 0.3) is 0 Å². The first kappa shape index (κ1) is 23.1. The number of amides is 2. The third kappa shape index (κ3) is 4.18. The highest BCUT2D eigenvalue weighted by atomic mass is 35.5. The lowest BCUT2D eigenvalue weighted by Gasteiger charge is -2.37. The molecule has 168 valence electrons. The molecule has 1 aliphatic heterocycles. The van der Waals surface area contributed by atoms with Crippen molar-refractivity contribution < 1.29 is 9.90 Å². The summed E-state index contributed by atoms with van der Waals surface area (Å²) in [6.45, 7) is 2.07. The van der Waals surface area contributed by atoms with Gasteiger partial charge in [0.15, 0.2) is 5.72 Å². The van der Waals surface area contributed by atoms with Crippen molar-refractivity contribution in [3.63, 3.8) is 0 Å². The van der Waals surface area contributed by atoms with Crippen molar-refractivity contribution in [2.45, 2.75) is 38.0 Å². The van der Waals surface area contributed by atoms with Crippen LogP contribution >= 0.6 is 23.2 Å². The fraction of sp³-hybridized carbons (Fsp3) is 0.231. The second kappa shape index (κ2) is 9.44. The summed E-state index contributed by atoms with van der Waals surface area (Å²) in [4.78, 5) is 17.0. The number of anilines is 2. The summed E-state index contributed by atoms with van der Waals surface area (Å²) in [7, 11) is 0. The number of carbonyl (C=O) groups excluding carboxylic acids is 1. The van der Waals surface area contributed by atoms with Crippen LogP contribution in [0.2, 0.25) is 10.0 Å². The average Bonchev–Trinajstić information content (AvgIpc) is 3.06. The van der Waals surface area contributed by atoms with Crippen molar-refractivity contribution >= 4 is 40.6 Å². The van der Waals surface area contributed by atoms with Crippen molar-refractivity contribution in [2.75, 3.05) is 9.80 Å². The highest BCUT2D eigenvalue weighted by molar-refractivity contribution is 6.31. The number of hydrogen-bond donors (Lipinski definition) is 1. The lowest BCUT2D eigenvalue weighted by Crippen LogP contribution is -2.49. The zero-order valence-corrected chi connectivity index (χ0v) is 19.6. The van der Waals surface area contributed by atoms with Crippen LogP contribution in [0.5, 0.6) is 0 Å². The van der Waals surface area contributed by atoms with Gasteiger partial charge in [0.1, 0.15) is 0 Å². The zero-order chi connectivity index (χ0) is 23.6. The molecule has 1 aliphatic rings. The second-order valence-electron chi connectivity index (χ2n) is 8.02. The van der Waals surface area contributed by atoms with Crippen LogP contribution in [0.1, 0.15) is 37.3 Å². The van der Waals surface area contributed by atoms with E-state index in [1.807, 2.05) is 0 Å². The Bertz CT molecular complexity index is 1190. The molecule has 0 saturated carbocycles. The first-order valence-electron chi connectivity index (χ1n) is 10.8. The van der Waals surface area contributed by atoms with Crippen LogP contribution in [-0.4, -0.2) is 17.2 Å². The Morgan fingerprint density at radius 3 is 2.18 bits per heavy atom. The van der Waals surface area contributed by atoms with Crippen LogP contribution in [0.3, 0.4) is 0 Å². The highest BCUT2D eigenvalue weighted by Gasteiger charge is 2.58. The minimum Gasteiger partial charge on any atom is -0.365 e. The van der Waals surface area contributed by atoms with Gasteiger partial charge in [-0.05, 0) is 67.1 Å². The summed E-state index contributed by atoms with van der Waals surface area (Å²) in [5, 5.41) is 23.0. The number of rotatable bonds is 6. The van der Waals surface area contributed by atoms with Gasteiger partial charge in [-0.1, -0.05) is 55.1 Å². The smallest absolute Gasteiger partial charge is 0.332 e. The number of carbonyl (C=O) groups is 1. The van der Waals surface area contributed by atoms with Crippen LogP contribution in [0, 0.1) is 11.3 Å². The van der Waals surface area contributed by atoms with E-state index in [-0.39, 0.29) is 6.03 Å². The molecular weight excluding hydrogens is 457 g/mol. The van der Waals surface area contributed by atoms with E-state index in [1.165, 1.54) is 4.90 Å². The normalized spacial score (nSPS) is 20.2. The Morgan fingerprint density at radius 1 is 1.00 bits per heavy atom. The molecule has 0 aliphatic carbocycles. The van der Waals surface area contributed by atoms with Gasteiger partial charge in [0.25, 0.3) is 0 Å². The topological polar surface area (TPSA) is 67.6 Å². The molecule has 0 aromatic heterocycles. The zero-order valence-electron chi connectivity index (χ0n) is 18.1. The Morgan fingerprint density at radius 2 is 1.61 bits per heavy atom. The first-order valence-corrected chi connectivity index (χ1v) is 11.5. The predicted octanol–water partition coefficient (Wildman–Crippen LogP) is 6.72. The van der Waals surface area contributed by atoms with Crippen molar-refractivity contribution in [1.29, 1.82) is 5.26 Å². The van der Waals surface area contributed by atoms with Gasteiger partial charge in [-0.3, -0.25) is 9.80 Å². The minimum atomic E-state index is -1.72. The first-order chi connectivity index (χ1) is 15.9. The second-order valence-corrected chi connectivity index (χ2v) is 8.89. The molecule has 5 nitrogen and oxygen atoms in total. The monoisotopic (exact) mass is 479 g/mol. The number of hydrogen-bond acceptors (Lipinski definition) is 3. The standard InChI is InChI=1S/C26H23Cl2N3O2/c1-2-3-7-24-26(33,19-6-4-5-18(16-19)17-29)31(23-14-10-21(28)11-15-23)25(32)30(24)22-12-8-20(27)9-13-22/h4-6,8-16,24,33H,2-3,7H2,1H3/t24-,26?/m0/s1. The van der Waals surface area contributed by atoms with E-state index in [1.54, 1.807) is 77.7 Å². The van der Waals surface area contributed by atoms with Crippen molar-refractivity contribution in [2.24, 2.45) is 0 Å². The predicted molar refractivity (Wildman–Crippen MR) is 132 cm³/mol. The molecule has 1 heterocycles. The lowest BCUT2D eigenvalue weighted by molar-refractivity contribution is 0.0286. The largest absolute Gasteiger partial charge is 0.365 e. The number of halogens is 2. The molecule has 1 unspecified atom stereocenters. The van der Waals surface area contributed by atoms with Crippen LogP contribution in [0.15, 0.2) is 72.8 Å². The quantitative estimate of drug-likeness (QED) is 0.426. The van der Waals surface area contributed by atoms with E-state index in [0.717, 1.165) is 12.8 Å². The van der Waals surface area contributed by atoms with Gasteiger partial charge in [0.2, 0.25) is 0 Å². The molecule has 0 bridgehead atoms. The fourth-order valence-electron chi connectivity index (χ4n) is 4.37. The maximum absolute atomic E-state index is 14.0. The SMILES string of the molecule is CCCC[C@@H]1N(c2ccc(Cl)cc2)C(=O)N(c2ccc(Cl)cc2)C1(O)c1cccc(C#N)c1. The van der Waals surface area contributed by atoms with E-state index in [4.69, 9.17) is 23.2 Å². The average molecular weight is 480 g/mol. The van der Waals surface area contributed by atoms with Crippen LogP contribution in [-0.2, 0) is 5.72 Å². The Kier molecular flexibility index (Phi) is 6.62. The van der Waals surface area contributed by atoms with Crippen molar-refractivity contribution in [1.82, 2.24) is 0 Å². The van der Waals surface area contributed by atoms with Crippen molar-refractivity contribution in [3.05, 3.63) is 94.0 Å². The third-order valence-electron chi connectivity index (χ3n) is 5.95. The van der Waals surface area contributed by atoms with Crippen LogP contribution in [0.4, 0.5) is 16.2 Å². The van der Waals surface area contributed by atoms with E-state index in [9.17, 15) is 15.2 Å². The van der Waals surface area contributed by atoms with E-state index in [2.05, 4.69) is 13.0 Å². The summed E-state index contributed by atoms with van der Waals surface area (Å²) in [6.07, 6.45) is 2.26. The van der Waals surface area contributed by atoms with Gasteiger partial charge >= 0.3 is 6.03 Å². The van der Waals surface area contributed by atoms with Gasteiger partial charge in [-0.15, -0.1) is 0 Å². The molecule has 33 heavy (non-hydrogen) atoms. The molecule has 1 N–H and O–H groups in total. The maximum atomic E-state index is 14.0. The summed E-state index contributed by atoms with van der Waals surface area (Å²) >= 11 is 12.2. The Hall–Kier alpha value is -3.04. The van der Waals surface area contributed by atoms with E-state index < -0.39 is 11.8 Å². The molecule has 7 heteroatoms. The third-order valence-corrected chi connectivity index (χ3v) is 6.46. The van der Waals surface area contributed by atoms with E-state index in [0.29, 0.717) is 39.0 Å². The highest BCUT2D eigenvalue weighted by Crippen LogP contribution is 2.46. The van der Waals surface area contributed by atoms with E-state index >= 15 is 0 Å². The summed E-state index contributed by atoms with van der Waals surface area (Å²) in [6, 6.07) is 21.7. The molecule has 3 aromatic rings. The minimum absolute atomic E-state index is 0.370. The number of urea groups is 1. The number of nitrogens with zero attached hydrogens (tertiary/aromatic N) is 3. The van der Waals surface area contributed by atoms with Gasteiger partial charge in [0.05, 0.1) is 17.7 Å². The number of unbranched alkanes of at least 4 members (excludes halogenated alkanes) is 1. The van der Waals surface area contributed by atoms with Gasteiger partial charge in [-0.25, -0.2) is 4.79 Å². The van der Waals surface area contributed by atoms with Crippen molar-refractivity contribution in [3.8, 4) is 6.07 Å². The lowest BCUT2D eigenvalue weighted by atomic mass is 9.89. The fourth-order valence-corrected chi connectivity index (χ4v) is 4.62. The molecule has 1 saturated heterocycles.